The minimum absolute atomic E-state index is 0.0934. The van der Waals surface area contributed by atoms with Crippen molar-refractivity contribution in [1.29, 1.82) is 0 Å². The van der Waals surface area contributed by atoms with Crippen molar-refractivity contribution in [2.45, 2.75) is 24.3 Å². The highest BCUT2D eigenvalue weighted by Gasteiger charge is 2.22. The van der Waals surface area contributed by atoms with E-state index in [1.165, 1.54) is 23.5 Å². The van der Waals surface area contributed by atoms with E-state index in [0.29, 0.717) is 12.0 Å². The maximum absolute atomic E-state index is 12.4. The molecule has 1 unspecified atom stereocenters. The Labute approximate surface area is 138 Å². The Morgan fingerprint density at radius 1 is 1.35 bits per heavy atom. The lowest BCUT2D eigenvalue weighted by atomic mass is 10.1. The van der Waals surface area contributed by atoms with Crippen molar-refractivity contribution < 1.29 is 23.4 Å². The number of sulfonamides is 1. The molecular formula is C15H17NO5S2. The van der Waals surface area contributed by atoms with Crippen molar-refractivity contribution in [1.82, 2.24) is 4.72 Å². The average Bonchev–Trinajstić information content (AvgIpc) is 2.98. The molecule has 0 spiro atoms. The topological polar surface area (TPSA) is 104 Å². The third-order valence-corrected chi connectivity index (χ3v) is 5.58. The molecule has 1 atom stereocenters. The first-order valence-corrected chi connectivity index (χ1v) is 9.18. The van der Waals surface area contributed by atoms with Gasteiger partial charge in [-0.1, -0.05) is 6.07 Å². The van der Waals surface area contributed by atoms with Crippen LogP contribution in [0.4, 0.5) is 0 Å². The third-order valence-electron chi connectivity index (χ3n) is 3.18. The number of aromatic carboxylic acids is 1. The van der Waals surface area contributed by atoms with Crippen molar-refractivity contribution in [3.8, 4) is 0 Å². The van der Waals surface area contributed by atoms with Crippen LogP contribution in [0.5, 0.6) is 0 Å². The number of aliphatic hydroxyl groups is 1. The monoisotopic (exact) mass is 355 g/mol. The Hall–Kier alpha value is -1.74. The van der Waals surface area contributed by atoms with Gasteiger partial charge >= 0.3 is 5.97 Å². The van der Waals surface area contributed by atoms with Gasteiger partial charge in [0, 0.05) is 17.3 Å². The molecule has 0 radical (unpaired) electrons. The zero-order valence-corrected chi connectivity index (χ0v) is 14.0. The number of nitrogens with one attached hydrogen (secondary N) is 1. The van der Waals surface area contributed by atoms with Crippen LogP contribution in [0.1, 0.15) is 20.8 Å². The second kappa shape index (κ2) is 7.22. The van der Waals surface area contributed by atoms with Crippen LogP contribution in [0.25, 0.3) is 0 Å². The lowest BCUT2D eigenvalue weighted by Gasteiger charge is -2.16. The van der Waals surface area contributed by atoms with E-state index in [-0.39, 0.29) is 17.1 Å². The first kappa shape index (κ1) is 17.6. The summed E-state index contributed by atoms with van der Waals surface area (Å²) in [5.74, 6) is -1.19. The van der Waals surface area contributed by atoms with Gasteiger partial charge in [0.2, 0.25) is 10.0 Å². The molecule has 3 N–H and O–H groups in total. The molecule has 0 saturated carbocycles. The number of carboxylic acids is 1. The smallest absolute Gasteiger partial charge is 0.335 e. The molecule has 0 bridgehead atoms. The molecule has 0 aliphatic rings. The molecular weight excluding hydrogens is 338 g/mol. The lowest BCUT2D eigenvalue weighted by Crippen LogP contribution is -2.39. The van der Waals surface area contributed by atoms with Gasteiger partial charge in [-0.2, -0.15) is 0 Å². The Morgan fingerprint density at radius 3 is 2.65 bits per heavy atom. The molecule has 2 aromatic rings. The van der Waals surface area contributed by atoms with Crippen LogP contribution in [0.2, 0.25) is 0 Å². The van der Waals surface area contributed by atoms with Gasteiger partial charge in [-0.15, -0.1) is 11.3 Å². The third kappa shape index (κ3) is 4.61. The van der Waals surface area contributed by atoms with Gasteiger partial charge in [-0.25, -0.2) is 17.9 Å². The van der Waals surface area contributed by atoms with Gasteiger partial charge in [0.1, 0.15) is 0 Å². The number of carbonyl (C=O) groups is 1. The first-order chi connectivity index (χ1) is 10.8. The van der Waals surface area contributed by atoms with E-state index in [0.717, 1.165) is 10.9 Å². The molecule has 0 amide bonds. The molecule has 0 fully saturated rings. The van der Waals surface area contributed by atoms with Gasteiger partial charge in [0.25, 0.3) is 0 Å². The number of hydrogen-bond acceptors (Lipinski definition) is 5. The minimum Gasteiger partial charge on any atom is -0.478 e. The number of hydrogen-bond donors (Lipinski definition) is 3. The fraction of sp³-hybridized carbons (Fsp3) is 0.267. The number of aryl methyl sites for hydroxylation is 1. The van der Waals surface area contributed by atoms with Crippen LogP contribution in [0.15, 0.2) is 40.6 Å². The largest absolute Gasteiger partial charge is 0.478 e. The summed E-state index contributed by atoms with van der Waals surface area (Å²) in [6.07, 6.45) is 0.366. The summed E-state index contributed by atoms with van der Waals surface area (Å²) < 4.78 is 27.3. The average molecular weight is 355 g/mol. The number of thiophene rings is 1. The van der Waals surface area contributed by atoms with Gasteiger partial charge in [-0.05, 0) is 42.1 Å². The van der Waals surface area contributed by atoms with Crippen LogP contribution < -0.4 is 4.72 Å². The van der Waals surface area contributed by atoms with E-state index in [2.05, 4.69) is 4.72 Å². The van der Waals surface area contributed by atoms with Crippen LogP contribution in [-0.4, -0.2) is 37.2 Å². The summed E-state index contributed by atoms with van der Waals surface area (Å²) in [6.45, 7) is 1.27. The second-order valence-corrected chi connectivity index (χ2v) is 7.87. The predicted molar refractivity (Wildman–Crippen MR) is 87.4 cm³/mol. The zero-order valence-electron chi connectivity index (χ0n) is 12.4. The van der Waals surface area contributed by atoms with E-state index in [9.17, 15) is 18.3 Å². The molecule has 2 rings (SSSR count). The minimum atomic E-state index is -3.92. The van der Waals surface area contributed by atoms with Crippen LogP contribution in [0, 0.1) is 6.92 Å². The zero-order chi connectivity index (χ0) is 17.0. The fourth-order valence-electron chi connectivity index (χ4n) is 2.13. The highest BCUT2D eigenvalue weighted by Crippen LogP contribution is 2.17. The number of benzene rings is 1. The summed E-state index contributed by atoms with van der Waals surface area (Å²) >= 11 is 1.47. The summed E-state index contributed by atoms with van der Waals surface area (Å²) in [5.41, 5.74) is 0.438. The van der Waals surface area contributed by atoms with E-state index < -0.39 is 22.0 Å². The molecule has 1 aromatic heterocycles. The summed E-state index contributed by atoms with van der Waals surface area (Å²) in [6, 6.07) is 6.94. The van der Waals surface area contributed by atoms with Crippen LogP contribution in [0.3, 0.4) is 0 Å². The van der Waals surface area contributed by atoms with Crippen molar-refractivity contribution in [3.63, 3.8) is 0 Å². The highest BCUT2D eigenvalue weighted by molar-refractivity contribution is 7.89. The normalized spacial score (nSPS) is 13.0. The maximum Gasteiger partial charge on any atom is 0.335 e. The molecule has 6 nitrogen and oxygen atoms in total. The Balaban J connectivity index is 2.25. The quantitative estimate of drug-likeness (QED) is 0.700. The molecule has 23 heavy (non-hydrogen) atoms. The lowest BCUT2D eigenvalue weighted by molar-refractivity contribution is 0.0696. The number of aliphatic hydroxyl groups excluding tert-OH is 1. The molecule has 1 heterocycles. The van der Waals surface area contributed by atoms with Gasteiger partial charge < -0.3 is 10.2 Å². The van der Waals surface area contributed by atoms with E-state index in [1.54, 1.807) is 6.92 Å². The second-order valence-electron chi connectivity index (χ2n) is 5.12. The Kier molecular flexibility index (Phi) is 5.53. The van der Waals surface area contributed by atoms with Gasteiger partial charge in [-0.3, -0.25) is 0 Å². The van der Waals surface area contributed by atoms with Crippen molar-refractivity contribution in [2.24, 2.45) is 0 Å². The van der Waals surface area contributed by atoms with Crippen molar-refractivity contribution >= 4 is 27.3 Å². The predicted octanol–water partition coefficient (Wildman–Crippen LogP) is 1.64. The van der Waals surface area contributed by atoms with E-state index in [4.69, 9.17) is 5.11 Å². The summed E-state index contributed by atoms with van der Waals surface area (Å²) in [4.78, 5) is 11.9. The van der Waals surface area contributed by atoms with Gasteiger partial charge in [0.05, 0.1) is 17.1 Å². The Bertz CT molecular complexity index is 784. The van der Waals surface area contributed by atoms with Gasteiger partial charge in [0.15, 0.2) is 0 Å². The first-order valence-electron chi connectivity index (χ1n) is 6.82. The van der Waals surface area contributed by atoms with Crippen molar-refractivity contribution in [2.75, 3.05) is 6.61 Å². The molecule has 124 valence electrons. The highest BCUT2D eigenvalue weighted by atomic mass is 32.2. The molecule has 8 heteroatoms. The Morgan fingerprint density at radius 2 is 2.09 bits per heavy atom. The maximum atomic E-state index is 12.4. The van der Waals surface area contributed by atoms with E-state index >= 15 is 0 Å². The van der Waals surface area contributed by atoms with Crippen LogP contribution in [-0.2, 0) is 16.4 Å². The number of carboxylic acid groups (broad SMARTS) is 1. The molecule has 1 aromatic carbocycles. The van der Waals surface area contributed by atoms with Crippen molar-refractivity contribution in [3.05, 3.63) is 51.7 Å². The number of rotatable bonds is 7. The van der Waals surface area contributed by atoms with E-state index in [1.807, 2.05) is 17.5 Å². The SMILES string of the molecule is Cc1cc(C(=O)O)cc(S(=O)(=O)NC(CO)Cc2cccs2)c1. The molecule has 0 saturated heterocycles. The standard InChI is InChI=1S/C15H17NO5S2/c1-10-5-11(15(18)19)7-14(6-10)23(20,21)16-12(9-17)8-13-3-2-4-22-13/h2-7,12,16-17H,8-9H2,1H3,(H,18,19). The molecule has 0 aliphatic heterocycles. The fourth-order valence-corrected chi connectivity index (χ4v) is 4.27. The molecule has 0 aliphatic carbocycles. The van der Waals surface area contributed by atoms with Crippen LogP contribution >= 0.6 is 11.3 Å². The summed E-state index contributed by atoms with van der Waals surface area (Å²) in [5, 5.41) is 20.3. The summed E-state index contributed by atoms with van der Waals surface area (Å²) in [7, 11) is -3.92.